The molecule has 0 unspecified atom stereocenters. The van der Waals surface area contributed by atoms with Crippen LogP contribution in [0.25, 0.3) is 11.0 Å². The number of rotatable bonds is 3. The van der Waals surface area contributed by atoms with E-state index in [0.717, 1.165) is 30.7 Å². The topological polar surface area (TPSA) is 42.4 Å². The minimum atomic E-state index is 0.413. The molecule has 1 heterocycles. The number of furan rings is 1. The van der Waals surface area contributed by atoms with E-state index in [2.05, 4.69) is 31.0 Å². The van der Waals surface area contributed by atoms with Gasteiger partial charge in [-0.15, -0.1) is 0 Å². The molecule has 1 aliphatic carbocycles. The van der Waals surface area contributed by atoms with Crippen molar-refractivity contribution >= 4 is 11.0 Å². The van der Waals surface area contributed by atoms with Crippen molar-refractivity contribution in [1.29, 1.82) is 0 Å². The van der Waals surface area contributed by atoms with Crippen molar-refractivity contribution in [3.8, 4) is 0 Å². The molecular weight excluding hydrogens is 248 g/mol. The normalized spacial score (nSPS) is 23.6. The van der Waals surface area contributed by atoms with Gasteiger partial charge in [-0.1, -0.05) is 18.2 Å². The number of hydrogen-bond donors (Lipinski definition) is 1. The largest absolute Gasteiger partial charge is 0.461 e. The van der Waals surface area contributed by atoms with Crippen LogP contribution in [0.1, 0.15) is 37.0 Å². The fourth-order valence-electron chi connectivity index (χ4n) is 3.34. The Balaban J connectivity index is 1.77. The Kier molecular flexibility index (Phi) is 3.81. The summed E-state index contributed by atoms with van der Waals surface area (Å²) >= 11 is 0. The number of para-hydroxylation sites is 1. The van der Waals surface area contributed by atoms with Gasteiger partial charge in [-0.05, 0) is 45.7 Å². The molecule has 2 N–H and O–H groups in total. The second kappa shape index (κ2) is 5.58. The molecule has 1 fully saturated rings. The van der Waals surface area contributed by atoms with Crippen LogP contribution in [-0.4, -0.2) is 24.0 Å². The summed E-state index contributed by atoms with van der Waals surface area (Å²) in [5.41, 5.74) is 8.33. The van der Waals surface area contributed by atoms with E-state index in [9.17, 15) is 0 Å². The second-order valence-corrected chi connectivity index (χ2v) is 6.12. The van der Waals surface area contributed by atoms with Crippen molar-refractivity contribution < 1.29 is 4.42 Å². The zero-order chi connectivity index (χ0) is 14.1. The first-order chi connectivity index (χ1) is 9.65. The molecule has 3 heteroatoms. The average molecular weight is 272 g/mol. The Labute approximate surface area is 120 Å². The van der Waals surface area contributed by atoms with E-state index in [0.29, 0.717) is 12.1 Å². The molecule has 0 saturated heterocycles. The van der Waals surface area contributed by atoms with Crippen LogP contribution in [0.4, 0.5) is 0 Å². The Morgan fingerprint density at radius 1 is 1.20 bits per heavy atom. The molecule has 2 aromatic rings. The molecule has 1 aromatic carbocycles. The van der Waals surface area contributed by atoms with Crippen molar-refractivity contribution in [3.05, 3.63) is 35.6 Å². The monoisotopic (exact) mass is 272 g/mol. The van der Waals surface area contributed by atoms with Gasteiger partial charge in [-0.2, -0.15) is 0 Å². The number of nitrogens with zero attached hydrogens (tertiary/aromatic N) is 1. The number of benzene rings is 1. The maximum Gasteiger partial charge on any atom is 0.134 e. The van der Waals surface area contributed by atoms with E-state index >= 15 is 0 Å². The third-order valence-electron chi connectivity index (χ3n) is 4.67. The molecule has 3 rings (SSSR count). The second-order valence-electron chi connectivity index (χ2n) is 6.12. The number of nitrogens with two attached hydrogens (primary N) is 1. The summed E-state index contributed by atoms with van der Waals surface area (Å²) in [6.45, 7) is 3.03. The molecule has 0 bridgehead atoms. The van der Waals surface area contributed by atoms with E-state index in [1.165, 1.54) is 23.8 Å². The standard InChI is InChI=1S/C17H24N2O/c1-12-16(15-5-3-4-6-17(15)20-12)11-19(2)14-9-7-13(18)8-10-14/h3-6,13-14H,7-11,18H2,1-2H3. The highest BCUT2D eigenvalue weighted by molar-refractivity contribution is 5.82. The van der Waals surface area contributed by atoms with Crippen LogP contribution in [0.3, 0.4) is 0 Å². The third-order valence-corrected chi connectivity index (χ3v) is 4.67. The maximum atomic E-state index is 6.00. The summed E-state index contributed by atoms with van der Waals surface area (Å²) in [4.78, 5) is 2.47. The molecule has 0 atom stereocenters. The van der Waals surface area contributed by atoms with Gasteiger partial charge in [0.25, 0.3) is 0 Å². The highest BCUT2D eigenvalue weighted by atomic mass is 16.3. The van der Waals surface area contributed by atoms with Crippen LogP contribution in [0.5, 0.6) is 0 Å². The third kappa shape index (κ3) is 2.60. The first-order valence-electron chi connectivity index (χ1n) is 7.58. The van der Waals surface area contributed by atoms with Crippen LogP contribution in [0, 0.1) is 6.92 Å². The van der Waals surface area contributed by atoms with Gasteiger partial charge in [0.1, 0.15) is 11.3 Å². The highest BCUT2D eigenvalue weighted by Gasteiger charge is 2.23. The van der Waals surface area contributed by atoms with E-state index in [-0.39, 0.29) is 0 Å². The minimum Gasteiger partial charge on any atom is -0.461 e. The van der Waals surface area contributed by atoms with Crippen LogP contribution < -0.4 is 5.73 Å². The number of hydrogen-bond acceptors (Lipinski definition) is 3. The zero-order valence-electron chi connectivity index (χ0n) is 12.4. The Hall–Kier alpha value is -1.32. The average Bonchev–Trinajstić information content (AvgIpc) is 2.76. The molecule has 108 valence electrons. The maximum absolute atomic E-state index is 6.00. The van der Waals surface area contributed by atoms with E-state index in [4.69, 9.17) is 10.2 Å². The van der Waals surface area contributed by atoms with Gasteiger partial charge < -0.3 is 10.2 Å². The first-order valence-corrected chi connectivity index (χ1v) is 7.58. The molecule has 0 radical (unpaired) electrons. The van der Waals surface area contributed by atoms with Crippen LogP contribution >= 0.6 is 0 Å². The van der Waals surface area contributed by atoms with Crippen molar-refractivity contribution in [2.75, 3.05) is 7.05 Å². The fraction of sp³-hybridized carbons (Fsp3) is 0.529. The van der Waals surface area contributed by atoms with Crippen LogP contribution in [0.2, 0.25) is 0 Å². The molecule has 1 aromatic heterocycles. The van der Waals surface area contributed by atoms with Gasteiger partial charge in [0.2, 0.25) is 0 Å². The molecule has 3 nitrogen and oxygen atoms in total. The Morgan fingerprint density at radius 2 is 1.90 bits per heavy atom. The lowest BCUT2D eigenvalue weighted by Gasteiger charge is -2.33. The fourth-order valence-corrected chi connectivity index (χ4v) is 3.34. The smallest absolute Gasteiger partial charge is 0.134 e. The molecule has 0 aliphatic heterocycles. The minimum absolute atomic E-state index is 0.413. The van der Waals surface area contributed by atoms with E-state index in [1.807, 2.05) is 12.1 Å². The van der Waals surface area contributed by atoms with Gasteiger partial charge in [-0.25, -0.2) is 0 Å². The van der Waals surface area contributed by atoms with Crippen molar-refractivity contribution in [2.45, 2.75) is 51.2 Å². The lowest BCUT2D eigenvalue weighted by Crippen LogP contribution is -2.38. The predicted molar refractivity (Wildman–Crippen MR) is 82.6 cm³/mol. The molecule has 0 spiro atoms. The van der Waals surface area contributed by atoms with Crippen LogP contribution in [0.15, 0.2) is 28.7 Å². The van der Waals surface area contributed by atoms with E-state index < -0.39 is 0 Å². The highest BCUT2D eigenvalue weighted by Crippen LogP contribution is 2.28. The Morgan fingerprint density at radius 3 is 2.65 bits per heavy atom. The lowest BCUT2D eigenvalue weighted by atomic mass is 9.91. The van der Waals surface area contributed by atoms with Crippen molar-refractivity contribution in [1.82, 2.24) is 4.90 Å². The molecule has 20 heavy (non-hydrogen) atoms. The summed E-state index contributed by atoms with van der Waals surface area (Å²) in [6.07, 6.45) is 4.74. The van der Waals surface area contributed by atoms with Gasteiger partial charge >= 0.3 is 0 Å². The Bertz CT molecular complexity index is 582. The molecular formula is C17H24N2O. The summed E-state index contributed by atoms with van der Waals surface area (Å²) < 4.78 is 5.86. The summed E-state index contributed by atoms with van der Waals surface area (Å²) in [6, 6.07) is 9.39. The zero-order valence-corrected chi connectivity index (χ0v) is 12.4. The van der Waals surface area contributed by atoms with Gasteiger partial charge in [0.05, 0.1) is 0 Å². The van der Waals surface area contributed by atoms with Gasteiger partial charge in [0, 0.05) is 29.6 Å². The van der Waals surface area contributed by atoms with Crippen LogP contribution in [-0.2, 0) is 6.54 Å². The molecule has 1 saturated carbocycles. The van der Waals surface area contributed by atoms with Gasteiger partial charge in [-0.3, -0.25) is 4.90 Å². The van der Waals surface area contributed by atoms with Crippen molar-refractivity contribution in [2.24, 2.45) is 5.73 Å². The quantitative estimate of drug-likeness (QED) is 0.930. The number of fused-ring (bicyclic) bond motifs is 1. The lowest BCUT2D eigenvalue weighted by molar-refractivity contribution is 0.176. The SMILES string of the molecule is Cc1oc2ccccc2c1CN(C)C1CCC(N)CC1. The van der Waals surface area contributed by atoms with E-state index in [1.54, 1.807) is 0 Å². The molecule has 0 amide bonds. The first kappa shape index (κ1) is 13.7. The molecule has 1 aliphatic rings. The van der Waals surface area contributed by atoms with Gasteiger partial charge in [0.15, 0.2) is 0 Å². The summed E-state index contributed by atoms with van der Waals surface area (Å²) in [5, 5.41) is 1.25. The summed E-state index contributed by atoms with van der Waals surface area (Å²) in [7, 11) is 2.22. The van der Waals surface area contributed by atoms with Crippen molar-refractivity contribution in [3.63, 3.8) is 0 Å². The number of aryl methyl sites for hydroxylation is 1. The summed E-state index contributed by atoms with van der Waals surface area (Å²) in [5.74, 6) is 1.05. The predicted octanol–water partition coefficient (Wildman–Crippen LogP) is 3.44.